The van der Waals surface area contributed by atoms with Gasteiger partial charge in [-0.1, -0.05) is 78.3 Å². The number of anilines is 1. The predicted octanol–water partition coefficient (Wildman–Crippen LogP) is 6.10. The maximum Gasteiger partial charge on any atom is 0.246 e. The SMILES string of the molecule is O=C(/C=C/c1ccccc1)N1CCN(c2ncnc3c2c(-c2ccccc2)cn3-c2cccc(Cl)c2)CC1. The number of carbonyl (C=O) groups is 1. The van der Waals surface area contributed by atoms with Crippen molar-refractivity contribution in [2.45, 2.75) is 0 Å². The Morgan fingerprint density at radius 3 is 2.32 bits per heavy atom. The highest BCUT2D eigenvalue weighted by Crippen LogP contribution is 2.37. The number of halogens is 1. The van der Waals surface area contributed by atoms with Crippen LogP contribution in [0.1, 0.15) is 5.56 Å². The average Bonchev–Trinajstić information content (AvgIpc) is 3.37. The van der Waals surface area contributed by atoms with E-state index >= 15 is 0 Å². The summed E-state index contributed by atoms with van der Waals surface area (Å²) in [5.74, 6) is 0.903. The maximum atomic E-state index is 12.8. The average molecular weight is 520 g/mol. The number of fused-ring (bicyclic) bond motifs is 1. The van der Waals surface area contributed by atoms with Crippen LogP contribution in [0.5, 0.6) is 0 Å². The minimum atomic E-state index is 0.0263. The van der Waals surface area contributed by atoms with Crippen molar-refractivity contribution >= 4 is 40.4 Å². The lowest BCUT2D eigenvalue weighted by molar-refractivity contribution is -0.126. The van der Waals surface area contributed by atoms with E-state index in [4.69, 9.17) is 21.6 Å². The molecule has 0 radical (unpaired) electrons. The van der Waals surface area contributed by atoms with E-state index in [1.165, 1.54) is 0 Å². The Morgan fingerprint density at radius 2 is 1.58 bits per heavy atom. The third-order valence-corrected chi connectivity index (χ3v) is 7.08. The molecule has 3 aromatic carbocycles. The molecule has 1 amide bonds. The van der Waals surface area contributed by atoms with Crippen molar-refractivity contribution in [3.05, 3.63) is 114 Å². The number of benzene rings is 3. The number of carbonyl (C=O) groups excluding carboxylic acids is 1. The Bertz CT molecular complexity index is 1610. The van der Waals surface area contributed by atoms with Crippen LogP contribution in [-0.4, -0.2) is 51.5 Å². The molecule has 0 atom stereocenters. The van der Waals surface area contributed by atoms with Crippen LogP contribution in [0.4, 0.5) is 5.82 Å². The molecule has 1 fully saturated rings. The molecule has 188 valence electrons. The normalized spacial score (nSPS) is 13.9. The number of hydrogen-bond acceptors (Lipinski definition) is 4. The van der Waals surface area contributed by atoms with Crippen LogP contribution in [0.3, 0.4) is 0 Å². The molecule has 6 rings (SSSR count). The first-order valence-corrected chi connectivity index (χ1v) is 13.0. The highest BCUT2D eigenvalue weighted by molar-refractivity contribution is 6.30. The Kier molecular flexibility index (Phi) is 6.63. The summed E-state index contributed by atoms with van der Waals surface area (Å²) in [4.78, 5) is 26.4. The van der Waals surface area contributed by atoms with E-state index < -0.39 is 0 Å². The van der Waals surface area contributed by atoms with Crippen molar-refractivity contribution in [2.24, 2.45) is 0 Å². The van der Waals surface area contributed by atoms with E-state index in [-0.39, 0.29) is 5.91 Å². The van der Waals surface area contributed by atoms with Crippen molar-refractivity contribution in [1.82, 2.24) is 19.4 Å². The molecule has 0 bridgehead atoms. The molecule has 1 saturated heterocycles. The molecule has 1 aliphatic heterocycles. The third kappa shape index (κ3) is 4.78. The van der Waals surface area contributed by atoms with Crippen LogP contribution in [0, 0.1) is 0 Å². The fraction of sp³-hybridized carbons (Fsp3) is 0.129. The monoisotopic (exact) mass is 519 g/mol. The van der Waals surface area contributed by atoms with Crippen molar-refractivity contribution in [2.75, 3.05) is 31.1 Å². The summed E-state index contributed by atoms with van der Waals surface area (Å²) in [5, 5.41) is 1.66. The zero-order chi connectivity index (χ0) is 25.9. The summed E-state index contributed by atoms with van der Waals surface area (Å²) in [6.07, 6.45) is 7.26. The number of rotatable bonds is 5. The van der Waals surface area contributed by atoms with Crippen LogP contribution >= 0.6 is 11.6 Å². The van der Waals surface area contributed by atoms with Crippen molar-refractivity contribution in [1.29, 1.82) is 0 Å². The number of amides is 1. The molecule has 7 heteroatoms. The van der Waals surface area contributed by atoms with Gasteiger partial charge in [-0.15, -0.1) is 0 Å². The first-order valence-electron chi connectivity index (χ1n) is 12.6. The number of nitrogens with zero attached hydrogens (tertiary/aromatic N) is 5. The van der Waals surface area contributed by atoms with E-state index in [0.717, 1.165) is 39.2 Å². The van der Waals surface area contributed by atoms with Crippen molar-refractivity contribution in [3.8, 4) is 16.8 Å². The smallest absolute Gasteiger partial charge is 0.246 e. The summed E-state index contributed by atoms with van der Waals surface area (Å²) >= 11 is 6.33. The van der Waals surface area contributed by atoms with Gasteiger partial charge in [0.2, 0.25) is 5.91 Å². The van der Waals surface area contributed by atoms with Gasteiger partial charge in [0.15, 0.2) is 5.65 Å². The lowest BCUT2D eigenvalue weighted by Gasteiger charge is -2.35. The van der Waals surface area contributed by atoms with Gasteiger partial charge in [0.1, 0.15) is 12.1 Å². The van der Waals surface area contributed by atoms with E-state index in [9.17, 15) is 4.79 Å². The summed E-state index contributed by atoms with van der Waals surface area (Å²) in [6, 6.07) is 27.9. The van der Waals surface area contributed by atoms with E-state index in [1.807, 2.05) is 83.8 Å². The zero-order valence-corrected chi connectivity index (χ0v) is 21.5. The molecule has 0 saturated carbocycles. The molecule has 0 aliphatic carbocycles. The summed E-state index contributed by atoms with van der Waals surface area (Å²) in [6.45, 7) is 2.62. The number of hydrogen-bond donors (Lipinski definition) is 0. The Labute approximate surface area is 226 Å². The second-order valence-corrected chi connectivity index (χ2v) is 9.65. The molecular weight excluding hydrogens is 494 g/mol. The van der Waals surface area contributed by atoms with Gasteiger partial charge in [-0.2, -0.15) is 0 Å². The molecule has 0 spiro atoms. The molecule has 0 N–H and O–H groups in total. The van der Waals surface area contributed by atoms with Gasteiger partial charge in [0, 0.05) is 54.7 Å². The topological polar surface area (TPSA) is 54.3 Å². The van der Waals surface area contributed by atoms with E-state index in [1.54, 1.807) is 12.4 Å². The van der Waals surface area contributed by atoms with Crippen LogP contribution in [0.25, 0.3) is 33.9 Å². The van der Waals surface area contributed by atoms with Gasteiger partial charge in [0.05, 0.1) is 5.39 Å². The highest BCUT2D eigenvalue weighted by Gasteiger charge is 2.25. The van der Waals surface area contributed by atoms with Crippen LogP contribution < -0.4 is 4.90 Å². The zero-order valence-electron chi connectivity index (χ0n) is 20.7. The Morgan fingerprint density at radius 1 is 0.842 bits per heavy atom. The largest absolute Gasteiger partial charge is 0.352 e. The quantitative estimate of drug-likeness (QED) is 0.263. The molecule has 1 aliphatic rings. The Balaban J connectivity index is 1.32. The fourth-order valence-corrected chi connectivity index (χ4v) is 5.11. The standard InChI is InChI=1S/C31H26ClN5O/c32-25-12-7-13-26(20-25)37-21-27(24-10-5-2-6-11-24)29-30(33-22-34-31(29)37)36-18-16-35(17-19-36)28(38)15-14-23-8-3-1-4-9-23/h1-15,20-22H,16-19H2/b15-14+. The van der Waals surface area contributed by atoms with Gasteiger partial charge >= 0.3 is 0 Å². The lowest BCUT2D eigenvalue weighted by Crippen LogP contribution is -2.48. The minimum absolute atomic E-state index is 0.0263. The molecule has 2 aromatic heterocycles. The lowest BCUT2D eigenvalue weighted by atomic mass is 10.1. The van der Waals surface area contributed by atoms with Crippen LogP contribution in [-0.2, 0) is 4.79 Å². The molecule has 38 heavy (non-hydrogen) atoms. The molecule has 5 aromatic rings. The van der Waals surface area contributed by atoms with Gasteiger partial charge in [-0.05, 0) is 35.4 Å². The van der Waals surface area contributed by atoms with E-state index in [2.05, 4.69) is 27.8 Å². The molecule has 0 unspecified atom stereocenters. The summed E-state index contributed by atoms with van der Waals surface area (Å²) in [5.41, 5.74) is 4.92. The summed E-state index contributed by atoms with van der Waals surface area (Å²) in [7, 11) is 0. The fourth-order valence-electron chi connectivity index (χ4n) is 4.92. The minimum Gasteiger partial charge on any atom is -0.352 e. The predicted molar refractivity (Wildman–Crippen MR) is 154 cm³/mol. The van der Waals surface area contributed by atoms with Crippen LogP contribution in [0.15, 0.2) is 104 Å². The Hall–Kier alpha value is -4.42. The van der Waals surface area contributed by atoms with Gasteiger partial charge < -0.3 is 14.4 Å². The van der Waals surface area contributed by atoms with Crippen molar-refractivity contribution < 1.29 is 4.79 Å². The number of piperazine rings is 1. The second-order valence-electron chi connectivity index (χ2n) is 9.21. The third-order valence-electron chi connectivity index (χ3n) is 6.84. The maximum absolute atomic E-state index is 12.8. The van der Waals surface area contributed by atoms with Crippen LogP contribution in [0.2, 0.25) is 5.02 Å². The molecule has 6 nitrogen and oxygen atoms in total. The van der Waals surface area contributed by atoms with Gasteiger partial charge in [-0.25, -0.2) is 9.97 Å². The first kappa shape index (κ1) is 23.9. The van der Waals surface area contributed by atoms with E-state index in [0.29, 0.717) is 31.2 Å². The van der Waals surface area contributed by atoms with Gasteiger partial charge in [0.25, 0.3) is 0 Å². The highest BCUT2D eigenvalue weighted by atomic mass is 35.5. The summed E-state index contributed by atoms with van der Waals surface area (Å²) < 4.78 is 2.07. The second kappa shape index (κ2) is 10.5. The molecule has 3 heterocycles. The number of aromatic nitrogens is 3. The van der Waals surface area contributed by atoms with Crippen molar-refractivity contribution in [3.63, 3.8) is 0 Å². The first-order chi connectivity index (χ1) is 18.7. The van der Waals surface area contributed by atoms with Gasteiger partial charge in [-0.3, -0.25) is 4.79 Å². The molecular formula is C31H26ClN5O.